The molecule has 0 spiro atoms. The van der Waals surface area contributed by atoms with Gasteiger partial charge in [0.2, 0.25) is 0 Å². The van der Waals surface area contributed by atoms with Gasteiger partial charge in [0.15, 0.2) is 0 Å². The standard InChI is InChI=1S/C18H33N3/c1-14-11-18(5,6)8-7-15(14)20-16(17(2,3)4)12-21-10-9-19-13-21/h9-10,13-16,20H,7-8,11-12H2,1-6H3. The van der Waals surface area contributed by atoms with Crippen LogP contribution >= 0.6 is 0 Å². The van der Waals surface area contributed by atoms with Crippen LogP contribution < -0.4 is 5.32 Å². The molecule has 0 aliphatic heterocycles. The Morgan fingerprint density at radius 2 is 2.10 bits per heavy atom. The second kappa shape index (κ2) is 6.12. The lowest BCUT2D eigenvalue weighted by Crippen LogP contribution is -2.52. The molecular formula is C18H33N3. The molecule has 3 unspecified atom stereocenters. The van der Waals surface area contributed by atoms with Crippen molar-refractivity contribution in [3.8, 4) is 0 Å². The average Bonchev–Trinajstić information content (AvgIpc) is 2.82. The summed E-state index contributed by atoms with van der Waals surface area (Å²) in [6.07, 6.45) is 9.81. The molecular weight excluding hydrogens is 258 g/mol. The number of nitrogens with one attached hydrogen (secondary N) is 1. The fourth-order valence-electron chi connectivity index (χ4n) is 3.63. The van der Waals surface area contributed by atoms with Crippen LogP contribution in [0.3, 0.4) is 0 Å². The lowest BCUT2D eigenvalue weighted by atomic mass is 9.70. The van der Waals surface area contributed by atoms with E-state index in [1.165, 1.54) is 19.3 Å². The summed E-state index contributed by atoms with van der Waals surface area (Å²) in [6, 6.07) is 1.12. The first-order chi connectivity index (χ1) is 9.67. The highest BCUT2D eigenvalue weighted by Crippen LogP contribution is 2.39. The number of hydrogen-bond acceptors (Lipinski definition) is 2. The van der Waals surface area contributed by atoms with Gasteiger partial charge in [0.25, 0.3) is 0 Å². The normalized spacial score (nSPS) is 27.5. The second-order valence-electron chi connectivity index (χ2n) is 8.84. The highest BCUT2D eigenvalue weighted by atomic mass is 15.1. The molecule has 0 bridgehead atoms. The van der Waals surface area contributed by atoms with Crippen molar-refractivity contribution in [2.75, 3.05) is 0 Å². The predicted molar refractivity (Wildman–Crippen MR) is 89.2 cm³/mol. The zero-order chi connectivity index (χ0) is 15.7. The second-order valence-corrected chi connectivity index (χ2v) is 8.84. The molecule has 120 valence electrons. The van der Waals surface area contributed by atoms with Crippen molar-refractivity contribution >= 4 is 0 Å². The van der Waals surface area contributed by atoms with Gasteiger partial charge in [0.1, 0.15) is 0 Å². The minimum Gasteiger partial charge on any atom is -0.336 e. The molecule has 1 fully saturated rings. The van der Waals surface area contributed by atoms with Crippen molar-refractivity contribution in [2.24, 2.45) is 16.7 Å². The largest absolute Gasteiger partial charge is 0.336 e. The minimum absolute atomic E-state index is 0.247. The highest BCUT2D eigenvalue weighted by molar-refractivity contribution is 4.92. The molecule has 1 N–H and O–H groups in total. The molecule has 3 heteroatoms. The topological polar surface area (TPSA) is 29.9 Å². The molecule has 1 saturated carbocycles. The van der Waals surface area contributed by atoms with Gasteiger partial charge in [-0.1, -0.05) is 41.5 Å². The lowest BCUT2D eigenvalue weighted by molar-refractivity contribution is 0.117. The van der Waals surface area contributed by atoms with Gasteiger partial charge in [-0.25, -0.2) is 4.98 Å². The summed E-state index contributed by atoms with van der Waals surface area (Å²) in [5, 5.41) is 3.97. The summed E-state index contributed by atoms with van der Waals surface area (Å²) in [4.78, 5) is 4.17. The lowest BCUT2D eigenvalue weighted by Gasteiger charge is -2.43. The Bertz CT molecular complexity index is 428. The fourth-order valence-corrected chi connectivity index (χ4v) is 3.63. The third-order valence-electron chi connectivity index (χ3n) is 5.11. The summed E-state index contributed by atoms with van der Waals surface area (Å²) >= 11 is 0. The number of hydrogen-bond donors (Lipinski definition) is 1. The van der Waals surface area contributed by atoms with Gasteiger partial charge >= 0.3 is 0 Å². The Labute approximate surface area is 130 Å². The van der Waals surface area contributed by atoms with E-state index in [-0.39, 0.29) is 5.41 Å². The van der Waals surface area contributed by atoms with Crippen LogP contribution in [0.4, 0.5) is 0 Å². The highest BCUT2D eigenvalue weighted by Gasteiger charge is 2.35. The number of rotatable bonds is 4. The molecule has 0 saturated heterocycles. The average molecular weight is 291 g/mol. The van der Waals surface area contributed by atoms with E-state index in [1.807, 2.05) is 12.5 Å². The van der Waals surface area contributed by atoms with E-state index < -0.39 is 0 Å². The Morgan fingerprint density at radius 3 is 2.62 bits per heavy atom. The van der Waals surface area contributed by atoms with E-state index in [1.54, 1.807) is 0 Å². The van der Waals surface area contributed by atoms with Gasteiger partial charge in [0.05, 0.1) is 6.33 Å². The maximum atomic E-state index is 4.17. The predicted octanol–water partition coefficient (Wildman–Crippen LogP) is 4.10. The molecule has 0 radical (unpaired) electrons. The number of nitrogens with zero attached hydrogens (tertiary/aromatic N) is 2. The van der Waals surface area contributed by atoms with Crippen LogP contribution in [0.25, 0.3) is 0 Å². The molecule has 3 atom stereocenters. The summed E-state index contributed by atoms with van der Waals surface area (Å²) in [5.41, 5.74) is 0.760. The molecule has 1 heterocycles. The molecule has 1 aliphatic carbocycles. The molecule has 3 nitrogen and oxygen atoms in total. The van der Waals surface area contributed by atoms with Crippen molar-refractivity contribution in [1.82, 2.24) is 14.9 Å². The summed E-state index contributed by atoms with van der Waals surface area (Å²) in [5.74, 6) is 0.751. The Balaban J connectivity index is 2.02. The molecule has 2 rings (SSSR count). The molecule has 21 heavy (non-hydrogen) atoms. The van der Waals surface area contributed by atoms with Gasteiger partial charge < -0.3 is 9.88 Å². The minimum atomic E-state index is 0.247. The quantitative estimate of drug-likeness (QED) is 0.905. The summed E-state index contributed by atoms with van der Waals surface area (Å²) in [6.45, 7) is 15.2. The van der Waals surface area contributed by atoms with Crippen molar-refractivity contribution in [3.63, 3.8) is 0 Å². The van der Waals surface area contributed by atoms with Gasteiger partial charge in [-0.3, -0.25) is 0 Å². The monoisotopic (exact) mass is 291 g/mol. The van der Waals surface area contributed by atoms with Crippen LogP contribution in [0, 0.1) is 16.7 Å². The number of aromatic nitrogens is 2. The molecule has 1 aromatic rings. The van der Waals surface area contributed by atoms with E-state index in [2.05, 4.69) is 62.6 Å². The smallest absolute Gasteiger partial charge is 0.0946 e. The molecule has 1 aliphatic rings. The summed E-state index contributed by atoms with van der Waals surface area (Å²) < 4.78 is 2.19. The van der Waals surface area contributed by atoms with E-state index in [0.717, 1.165) is 12.5 Å². The molecule has 0 aromatic carbocycles. The van der Waals surface area contributed by atoms with Crippen LogP contribution in [0.5, 0.6) is 0 Å². The van der Waals surface area contributed by atoms with Crippen LogP contribution in [-0.2, 0) is 6.54 Å². The van der Waals surface area contributed by atoms with Crippen molar-refractivity contribution in [3.05, 3.63) is 18.7 Å². The molecule has 0 amide bonds. The first-order valence-corrected chi connectivity index (χ1v) is 8.39. The summed E-state index contributed by atoms with van der Waals surface area (Å²) in [7, 11) is 0. The van der Waals surface area contributed by atoms with Crippen LogP contribution in [-0.4, -0.2) is 21.6 Å². The first kappa shape index (κ1) is 16.5. The molecule has 1 aromatic heterocycles. The van der Waals surface area contributed by atoms with E-state index in [9.17, 15) is 0 Å². The van der Waals surface area contributed by atoms with Crippen molar-refractivity contribution in [1.29, 1.82) is 0 Å². The zero-order valence-corrected chi connectivity index (χ0v) is 14.7. The Kier molecular flexibility index (Phi) is 4.82. The van der Waals surface area contributed by atoms with E-state index in [0.29, 0.717) is 17.5 Å². The maximum Gasteiger partial charge on any atom is 0.0946 e. The van der Waals surface area contributed by atoms with E-state index in [4.69, 9.17) is 0 Å². The SMILES string of the molecule is CC1CC(C)(C)CCC1NC(Cn1ccnc1)C(C)(C)C. The van der Waals surface area contributed by atoms with Gasteiger partial charge in [-0.05, 0) is 36.0 Å². The van der Waals surface area contributed by atoms with Crippen LogP contribution in [0.1, 0.15) is 60.8 Å². The van der Waals surface area contributed by atoms with Crippen molar-refractivity contribution < 1.29 is 0 Å². The third-order valence-corrected chi connectivity index (χ3v) is 5.11. The third kappa shape index (κ3) is 4.57. The van der Waals surface area contributed by atoms with Crippen molar-refractivity contribution in [2.45, 2.75) is 79.4 Å². The van der Waals surface area contributed by atoms with Crippen LogP contribution in [0.2, 0.25) is 0 Å². The zero-order valence-electron chi connectivity index (χ0n) is 14.7. The van der Waals surface area contributed by atoms with Gasteiger partial charge in [-0.2, -0.15) is 0 Å². The Hall–Kier alpha value is -0.830. The van der Waals surface area contributed by atoms with Gasteiger partial charge in [-0.15, -0.1) is 0 Å². The number of imidazole rings is 1. The van der Waals surface area contributed by atoms with Gasteiger partial charge in [0, 0.05) is 31.0 Å². The Morgan fingerprint density at radius 1 is 1.38 bits per heavy atom. The van der Waals surface area contributed by atoms with E-state index >= 15 is 0 Å². The maximum absolute atomic E-state index is 4.17. The first-order valence-electron chi connectivity index (χ1n) is 8.39. The van der Waals surface area contributed by atoms with Crippen LogP contribution in [0.15, 0.2) is 18.7 Å². The fraction of sp³-hybridized carbons (Fsp3) is 0.833.